The normalized spacial score (nSPS) is 19.8. The van der Waals surface area contributed by atoms with Crippen LogP contribution in [0.1, 0.15) is 43.7 Å². The predicted octanol–water partition coefficient (Wildman–Crippen LogP) is 6.81. The first-order valence-electron chi connectivity index (χ1n) is 9.39. The van der Waals surface area contributed by atoms with Crippen LogP contribution in [0.2, 0.25) is 15.1 Å². The third-order valence-electron chi connectivity index (χ3n) is 5.27. The molecule has 1 unspecified atom stereocenters. The van der Waals surface area contributed by atoms with Crippen molar-refractivity contribution in [3.05, 3.63) is 63.1 Å². The van der Waals surface area contributed by atoms with E-state index in [0.29, 0.717) is 27.5 Å². The fraction of sp³-hybridized carbons (Fsp3) is 0.333. The summed E-state index contributed by atoms with van der Waals surface area (Å²) in [6, 6.07) is 13.7. The van der Waals surface area contributed by atoms with E-state index in [2.05, 4.69) is 5.32 Å². The number of halogens is 3. The maximum Gasteiger partial charge on any atom is 0.123 e. The summed E-state index contributed by atoms with van der Waals surface area (Å²) < 4.78 is 0. The lowest BCUT2D eigenvalue weighted by molar-refractivity contribution is 0.637. The van der Waals surface area contributed by atoms with Gasteiger partial charge in [0.2, 0.25) is 0 Å². The van der Waals surface area contributed by atoms with Crippen molar-refractivity contribution in [2.24, 2.45) is 5.10 Å². The molecule has 1 heterocycles. The highest BCUT2D eigenvalue weighted by molar-refractivity contribution is 7.82. The molecule has 3 nitrogen and oxygen atoms in total. The Balaban J connectivity index is 1.65. The zero-order valence-corrected chi connectivity index (χ0v) is 18.3. The largest absolute Gasteiger partial charge is 0.372 e. The minimum atomic E-state index is -0.00531. The molecule has 0 bridgehead atoms. The molecule has 4 rings (SSSR count). The smallest absolute Gasteiger partial charge is 0.123 e. The second kappa shape index (κ2) is 8.58. The minimum absolute atomic E-state index is 0.00531. The van der Waals surface area contributed by atoms with Gasteiger partial charge in [-0.25, -0.2) is 0 Å². The summed E-state index contributed by atoms with van der Waals surface area (Å²) in [7, 11) is 0. The number of nitrogens with one attached hydrogen (secondary N) is 1. The fourth-order valence-electron chi connectivity index (χ4n) is 3.82. The molecule has 1 N–H and O–H groups in total. The van der Waals surface area contributed by atoms with Gasteiger partial charge in [-0.15, -0.1) is 0 Å². The maximum atomic E-state index is 6.49. The van der Waals surface area contributed by atoms with Gasteiger partial charge in [0.15, 0.2) is 0 Å². The first-order valence-corrected chi connectivity index (χ1v) is 10.9. The lowest BCUT2D eigenvalue weighted by Gasteiger charge is -2.25. The number of thiocarbonyl (C=S) groups is 1. The zero-order valence-electron chi connectivity index (χ0n) is 15.2. The molecular formula is C21H20Cl3N3S. The van der Waals surface area contributed by atoms with Crippen LogP contribution in [0.3, 0.4) is 0 Å². The molecule has 0 aromatic heterocycles. The van der Waals surface area contributed by atoms with Crippen molar-refractivity contribution in [1.29, 1.82) is 0 Å². The Kier molecular flexibility index (Phi) is 6.12. The van der Waals surface area contributed by atoms with Crippen molar-refractivity contribution in [2.45, 2.75) is 44.2 Å². The van der Waals surface area contributed by atoms with E-state index in [1.165, 1.54) is 25.7 Å². The van der Waals surface area contributed by atoms with Gasteiger partial charge < -0.3 is 5.32 Å². The average molecular weight is 453 g/mol. The van der Waals surface area contributed by atoms with Gasteiger partial charge in [0.1, 0.15) is 4.99 Å². The number of hydrogen-bond acceptors (Lipinski definition) is 3. The number of anilines is 1. The Labute approximate surface area is 185 Å². The van der Waals surface area contributed by atoms with E-state index in [4.69, 9.17) is 52.1 Å². The van der Waals surface area contributed by atoms with Crippen LogP contribution < -0.4 is 10.3 Å². The van der Waals surface area contributed by atoms with Crippen LogP contribution >= 0.6 is 47.0 Å². The van der Waals surface area contributed by atoms with Gasteiger partial charge in [-0.3, -0.25) is 5.01 Å². The predicted molar refractivity (Wildman–Crippen MR) is 123 cm³/mol. The first-order chi connectivity index (χ1) is 13.5. The van der Waals surface area contributed by atoms with Gasteiger partial charge in [-0.1, -0.05) is 72.0 Å². The van der Waals surface area contributed by atoms with Crippen LogP contribution in [0.4, 0.5) is 5.69 Å². The summed E-state index contributed by atoms with van der Waals surface area (Å²) in [4.78, 5) is 0.735. The summed E-state index contributed by atoms with van der Waals surface area (Å²) >= 11 is 24.3. The van der Waals surface area contributed by atoms with Gasteiger partial charge in [0, 0.05) is 22.5 Å². The van der Waals surface area contributed by atoms with Gasteiger partial charge >= 0.3 is 0 Å². The topological polar surface area (TPSA) is 27.6 Å². The molecule has 0 saturated heterocycles. The summed E-state index contributed by atoms with van der Waals surface area (Å²) in [5.41, 5.74) is 2.80. The lowest BCUT2D eigenvalue weighted by atomic mass is 10.0. The van der Waals surface area contributed by atoms with E-state index in [1.54, 1.807) is 6.07 Å². The van der Waals surface area contributed by atoms with E-state index in [-0.39, 0.29) is 6.04 Å². The van der Waals surface area contributed by atoms with Crippen molar-refractivity contribution in [1.82, 2.24) is 5.32 Å². The first kappa shape index (κ1) is 20.0. The van der Waals surface area contributed by atoms with Crippen molar-refractivity contribution in [3.63, 3.8) is 0 Å². The fourth-order valence-corrected chi connectivity index (χ4v) is 4.73. The Bertz CT molecular complexity index is 908. The second-order valence-corrected chi connectivity index (χ2v) is 8.90. The SMILES string of the molecule is S=C(NC1CCCC1)C1=NN(c2ccc(Cl)cc2Cl)C(c2ccc(Cl)cc2)C1. The average Bonchev–Trinajstić information content (AvgIpc) is 3.32. The Morgan fingerprint density at radius 1 is 1.00 bits per heavy atom. The third-order valence-corrected chi connectivity index (χ3v) is 6.42. The molecular weight excluding hydrogens is 433 g/mol. The molecule has 1 aliphatic heterocycles. The number of rotatable bonds is 4. The number of hydrazone groups is 1. The third kappa shape index (κ3) is 4.30. The van der Waals surface area contributed by atoms with Crippen molar-refractivity contribution in [3.8, 4) is 0 Å². The molecule has 28 heavy (non-hydrogen) atoms. The molecule has 1 saturated carbocycles. The highest BCUT2D eigenvalue weighted by Gasteiger charge is 2.32. The van der Waals surface area contributed by atoms with Crippen molar-refractivity contribution in [2.75, 3.05) is 5.01 Å². The lowest BCUT2D eigenvalue weighted by Crippen LogP contribution is -2.35. The standard InChI is InChI=1S/C21H20Cl3N3S/c22-14-7-5-13(6-8-14)20-12-18(21(28)25-16-3-1-2-4-16)26-27(20)19-10-9-15(23)11-17(19)24/h5-11,16,20H,1-4,12H2,(H,25,28). The second-order valence-electron chi connectivity index (χ2n) is 7.21. The van der Waals surface area contributed by atoms with E-state index >= 15 is 0 Å². The Morgan fingerprint density at radius 3 is 2.36 bits per heavy atom. The van der Waals surface area contributed by atoms with Gasteiger partial charge in [-0.2, -0.15) is 5.10 Å². The molecule has 1 fully saturated rings. The highest BCUT2D eigenvalue weighted by atomic mass is 35.5. The summed E-state index contributed by atoms with van der Waals surface area (Å²) in [6.45, 7) is 0. The number of benzene rings is 2. The molecule has 2 aromatic carbocycles. The Hall–Kier alpha value is -1.33. The van der Waals surface area contributed by atoms with Crippen LogP contribution in [-0.2, 0) is 0 Å². The van der Waals surface area contributed by atoms with Gasteiger partial charge in [-0.05, 0) is 48.7 Å². The minimum Gasteiger partial charge on any atom is -0.372 e. The van der Waals surface area contributed by atoms with Crippen molar-refractivity contribution >= 4 is 63.4 Å². The zero-order chi connectivity index (χ0) is 19.7. The summed E-state index contributed by atoms with van der Waals surface area (Å²) in [5, 5.41) is 12.2. The van der Waals surface area contributed by atoms with Crippen LogP contribution in [0.25, 0.3) is 0 Å². The van der Waals surface area contributed by atoms with Crippen LogP contribution in [0.15, 0.2) is 47.6 Å². The molecule has 7 heteroatoms. The molecule has 146 valence electrons. The number of nitrogens with zero attached hydrogens (tertiary/aromatic N) is 2. The summed E-state index contributed by atoms with van der Waals surface area (Å²) in [5.74, 6) is 0. The molecule has 2 aliphatic rings. The van der Waals surface area contributed by atoms with Gasteiger partial charge in [0.05, 0.1) is 22.5 Å². The quantitative estimate of drug-likeness (QED) is 0.516. The van der Waals surface area contributed by atoms with Crippen molar-refractivity contribution < 1.29 is 0 Å². The van der Waals surface area contributed by atoms with Crippen LogP contribution in [0, 0.1) is 0 Å². The van der Waals surface area contributed by atoms with E-state index in [9.17, 15) is 0 Å². The highest BCUT2D eigenvalue weighted by Crippen LogP contribution is 2.40. The Morgan fingerprint density at radius 2 is 1.68 bits per heavy atom. The molecule has 1 aliphatic carbocycles. The monoisotopic (exact) mass is 451 g/mol. The molecule has 2 aromatic rings. The maximum absolute atomic E-state index is 6.49. The van der Waals surface area contributed by atoms with Gasteiger partial charge in [0.25, 0.3) is 0 Å². The van der Waals surface area contributed by atoms with Crippen LogP contribution in [0.5, 0.6) is 0 Å². The molecule has 0 radical (unpaired) electrons. The number of hydrogen-bond donors (Lipinski definition) is 1. The van der Waals surface area contributed by atoms with E-state index in [1.807, 2.05) is 41.4 Å². The van der Waals surface area contributed by atoms with E-state index in [0.717, 1.165) is 22.0 Å². The van der Waals surface area contributed by atoms with E-state index < -0.39 is 0 Å². The van der Waals surface area contributed by atoms with Crippen LogP contribution in [-0.4, -0.2) is 16.7 Å². The summed E-state index contributed by atoms with van der Waals surface area (Å²) in [6.07, 6.45) is 5.56. The molecule has 0 spiro atoms. The molecule has 1 atom stereocenters. The molecule has 0 amide bonds.